The van der Waals surface area contributed by atoms with Crippen LogP contribution in [0.25, 0.3) is 0 Å². The van der Waals surface area contributed by atoms with E-state index in [0.717, 1.165) is 44.8 Å². The van der Waals surface area contributed by atoms with E-state index in [9.17, 15) is 0 Å². The van der Waals surface area contributed by atoms with Gasteiger partial charge in [-0.15, -0.1) is 0 Å². The first-order valence-electron chi connectivity index (χ1n) is 7.34. The highest BCUT2D eigenvalue weighted by Gasteiger charge is 2.18. The quantitative estimate of drug-likeness (QED) is 0.855. The molecule has 3 nitrogen and oxygen atoms in total. The minimum absolute atomic E-state index is 0.385. The summed E-state index contributed by atoms with van der Waals surface area (Å²) in [4.78, 5) is 0. The molecule has 2 rings (SSSR count). The summed E-state index contributed by atoms with van der Waals surface area (Å²) in [5.41, 5.74) is 1.31. The molecule has 2 atom stereocenters. The van der Waals surface area contributed by atoms with Gasteiger partial charge in [0, 0.05) is 19.2 Å². The molecule has 19 heavy (non-hydrogen) atoms. The van der Waals surface area contributed by atoms with E-state index in [1.807, 2.05) is 0 Å². The standard InChI is InChI=1S/C16H25NO2/c1-3-9-19-16-6-4-14(5-7-16)12-17-15-8-10-18-13(2)11-15/h4-7,13,15,17H,3,8-12H2,1-2H3. The van der Waals surface area contributed by atoms with Crippen LogP contribution in [0.5, 0.6) is 5.75 Å². The third-order valence-corrected chi connectivity index (χ3v) is 3.48. The second-order valence-electron chi connectivity index (χ2n) is 5.28. The molecular weight excluding hydrogens is 238 g/mol. The highest BCUT2D eigenvalue weighted by molar-refractivity contribution is 5.27. The molecule has 1 N–H and O–H groups in total. The fourth-order valence-electron chi connectivity index (χ4n) is 2.37. The Bertz CT molecular complexity index is 364. The molecule has 1 aliphatic heterocycles. The second-order valence-corrected chi connectivity index (χ2v) is 5.28. The summed E-state index contributed by atoms with van der Waals surface area (Å²) in [5.74, 6) is 0.963. The average Bonchev–Trinajstić information content (AvgIpc) is 2.44. The Hall–Kier alpha value is -1.06. The lowest BCUT2D eigenvalue weighted by atomic mass is 10.0. The van der Waals surface area contributed by atoms with E-state index in [-0.39, 0.29) is 0 Å². The molecule has 0 amide bonds. The van der Waals surface area contributed by atoms with Crippen LogP contribution in [0.1, 0.15) is 38.7 Å². The first-order valence-corrected chi connectivity index (χ1v) is 7.34. The van der Waals surface area contributed by atoms with E-state index >= 15 is 0 Å². The van der Waals surface area contributed by atoms with Crippen molar-refractivity contribution in [2.45, 2.75) is 51.8 Å². The number of nitrogens with one attached hydrogen (secondary N) is 1. The van der Waals surface area contributed by atoms with Crippen molar-refractivity contribution < 1.29 is 9.47 Å². The van der Waals surface area contributed by atoms with Gasteiger partial charge in [0.05, 0.1) is 12.7 Å². The van der Waals surface area contributed by atoms with Crippen LogP contribution in [0, 0.1) is 0 Å². The summed E-state index contributed by atoms with van der Waals surface area (Å²) < 4.78 is 11.1. The SMILES string of the molecule is CCCOc1ccc(CNC2CCOC(C)C2)cc1. The van der Waals surface area contributed by atoms with E-state index in [1.54, 1.807) is 0 Å². The summed E-state index contributed by atoms with van der Waals surface area (Å²) in [6.45, 7) is 6.85. The zero-order valence-corrected chi connectivity index (χ0v) is 12.0. The lowest BCUT2D eigenvalue weighted by Crippen LogP contribution is -2.37. The molecule has 0 spiro atoms. The minimum atomic E-state index is 0.385. The van der Waals surface area contributed by atoms with E-state index in [4.69, 9.17) is 9.47 Å². The second kappa shape index (κ2) is 7.51. The Morgan fingerprint density at radius 2 is 2.11 bits per heavy atom. The molecule has 106 valence electrons. The van der Waals surface area contributed by atoms with Gasteiger partial charge in [0.1, 0.15) is 5.75 Å². The van der Waals surface area contributed by atoms with Crippen molar-refractivity contribution in [3.63, 3.8) is 0 Å². The Labute approximate surface area is 116 Å². The largest absolute Gasteiger partial charge is 0.494 e. The number of hydrogen-bond acceptors (Lipinski definition) is 3. The van der Waals surface area contributed by atoms with Crippen LogP contribution >= 0.6 is 0 Å². The highest BCUT2D eigenvalue weighted by Crippen LogP contribution is 2.15. The van der Waals surface area contributed by atoms with Crippen molar-refractivity contribution >= 4 is 0 Å². The monoisotopic (exact) mass is 263 g/mol. The third kappa shape index (κ3) is 4.84. The molecule has 0 aliphatic carbocycles. The Morgan fingerprint density at radius 3 is 2.79 bits per heavy atom. The lowest BCUT2D eigenvalue weighted by molar-refractivity contribution is 0.0130. The summed E-state index contributed by atoms with van der Waals surface area (Å²) in [6.07, 6.45) is 3.65. The van der Waals surface area contributed by atoms with Crippen LogP contribution in [0.2, 0.25) is 0 Å². The third-order valence-electron chi connectivity index (χ3n) is 3.48. The fourth-order valence-corrected chi connectivity index (χ4v) is 2.37. The van der Waals surface area contributed by atoms with Gasteiger partial charge in [-0.25, -0.2) is 0 Å². The summed E-state index contributed by atoms with van der Waals surface area (Å²) in [6, 6.07) is 8.97. The molecule has 0 saturated carbocycles. The summed E-state index contributed by atoms with van der Waals surface area (Å²) >= 11 is 0. The predicted molar refractivity (Wildman–Crippen MR) is 77.5 cm³/mol. The van der Waals surface area contributed by atoms with Crippen LogP contribution in [-0.4, -0.2) is 25.4 Å². The number of benzene rings is 1. The maximum Gasteiger partial charge on any atom is 0.119 e. The molecule has 1 saturated heterocycles. The van der Waals surface area contributed by atoms with Gasteiger partial charge in [-0.1, -0.05) is 19.1 Å². The molecule has 0 aromatic heterocycles. The van der Waals surface area contributed by atoms with Gasteiger partial charge in [0.25, 0.3) is 0 Å². The smallest absolute Gasteiger partial charge is 0.119 e. The van der Waals surface area contributed by atoms with Crippen molar-refractivity contribution in [2.24, 2.45) is 0 Å². The number of ether oxygens (including phenoxy) is 2. The summed E-state index contributed by atoms with van der Waals surface area (Å²) in [7, 11) is 0. The van der Waals surface area contributed by atoms with E-state index in [0.29, 0.717) is 12.1 Å². The average molecular weight is 263 g/mol. The van der Waals surface area contributed by atoms with Gasteiger partial charge in [-0.2, -0.15) is 0 Å². The molecule has 0 bridgehead atoms. The fraction of sp³-hybridized carbons (Fsp3) is 0.625. The highest BCUT2D eigenvalue weighted by atomic mass is 16.5. The van der Waals surface area contributed by atoms with E-state index < -0.39 is 0 Å². The van der Waals surface area contributed by atoms with Crippen LogP contribution in [-0.2, 0) is 11.3 Å². The maximum absolute atomic E-state index is 5.58. The Kier molecular flexibility index (Phi) is 5.67. The van der Waals surface area contributed by atoms with Gasteiger partial charge >= 0.3 is 0 Å². The van der Waals surface area contributed by atoms with Crippen molar-refractivity contribution in [3.8, 4) is 5.75 Å². The Balaban J connectivity index is 1.76. The van der Waals surface area contributed by atoms with Gasteiger partial charge in [-0.05, 0) is 43.9 Å². The molecule has 2 unspecified atom stereocenters. The molecule has 1 aliphatic rings. The normalized spacial score (nSPS) is 23.3. The summed E-state index contributed by atoms with van der Waals surface area (Å²) in [5, 5.41) is 3.61. The topological polar surface area (TPSA) is 30.5 Å². The minimum Gasteiger partial charge on any atom is -0.494 e. The van der Waals surface area contributed by atoms with E-state index in [2.05, 4.69) is 43.4 Å². The Morgan fingerprint density at radius 1 is 1.32 bits per heavy atom. The van der Waals surface area contributed by atoms with Crippen molar-refractivity contribution in [1.29, 1.82) is 0 Å². The zero-order valence-electron chi connectivity index (χ0n) is 12.0. The molecular formula is C16H25NO2. The van der Waals surface area contributed by atoms with Crippen LogP contribution < -0.4 is 10.1 Å². The predicted octanol–water partition coefficient (Wildman–Crippen LogP) is 3.13. The maximum atomic E-state index is 5.58. The molecule has 3 heteroatoms. The number of rotatable bonds is 6. The van der Waals surface area contributed by atoms with Gasteiger partial charge in [0.15, 0.2) is 0 Å². The van der Waals surface area contributed by atoms with Crippen molar-refractivity contribution in [3.05, 3.63) is 29.8 Å². The molecule has 1 aromatic rings. The van der Waals surface area contributed by atoms with Crippen LogP contribution in [0.15, 0.2) is 24.3 Å². The van der Waals surface area contributed by atoms with E-state index in [1.165, 1.54) is 5.56 Å². The first-order chi connectivity index (χ1) is 9.28. The zero-order chi connectivity index (χ0) is 13.5. The van der Waals surface area contributed by atoms with Gasteiger partial charge < -0.3 is 14.8 Å². The van der Waals surface area contributed by atoms with Crippen molar-refractivity contribution in [1.82, 2.24) is 5.32 Å². The number of hydrogen-bond donors (Lipinski definition) is 1. The van der Waals surface area contributed by atoms with Crippen LogP contribution in [0.3, 0.4) is 0 Å². The molecule has 0 radical (unpaired) electrons. The van der Waals surface area contributed by atoms with Gasteiger partial charge in [-0.3, -0.25) is 0 Å². The lowest BCUT2D eigenvalue weighted by Gasteiger charge is -2.28. The van der Waals surface area contributed by atoms with Crippen molar-refractivity contribution in [2.75, 3.05) is 13.2 Å². The first kappa shape index (κ1) is 14.4. The van der Waals surface area contributed by atoms with Crippen LogP contribution in [0.4, 0.5) is 0 Å². The molecule has 1 aromatic carbocycles. The molecule has 1 fully saturated rings. The molecule has 1 heterocycles. The van der Waals surface area contributed by atoms with Gasteiger partial charge in [0.2, 0.25) is 0 Å².